The van der Waals surface area contributed by atoms with Gasteiger partial charge in [-0.15, -0.1) is 0 Å². The summed E-state index contributed by atoms with van der Waals surface area (Å²) in [6, 6.07) is 3.40. The Labute approximate surface area is 126 Å². The summed E-state index contributed by atoms with van der Waals surface area (Å²) in [6.45, 7) is 0.460. The van der Waals surface area contributed by atoms with E-state index in [4.69, 9.17) is 0 Å². The summed E-state index contributed by atoms with van der Waals surface area (Å²) >= 11 is 1.84. The number of hydrogen-bond acceptors (Lipinski definition) is 5. The summed E-state index contributed by atoms with van der Waals surface area (Å²) < 4.78 is 26.9. The van der Waals surface area contributed by atoms with Crippen LogP contribution in [-0.2, 0) is 10.0 Å². The Morgan fingerprint density at radius 2 is 2.00 bits per heavy atom. The number of hydrogen-bond donors (Lipinski definition) is 2. The molecule has 114 valence electrons. The van der Waals surface area contributed by atoms with Crippen molar-refractivity contribution in [3.63, 3.8) is 0 Å². The summed E-state index contributed by atoms with van der Waals surface area (Å²) in [7, 11) is -1.85. The first-order valence-electron chi connectivity index (χ1n) is 6.73. The van der Waals surface area contributed by atoms with E-state index >= 15 is 0 Å². The minimum absolute atomic E-state index is 0.0601. The molecule has 0 aromatic carbocycles. The maximum Gasteiger partial charge on any atom is 0.260 e. The van der Waals surface area contributed by atoms with Crippen LogP contribution in [-0.4, -0.2) is 39.0 Å². The van der Waals surface area contributed by atoms with Gasteiger partial charge in [0.05, 0.1) is 5.69 Å². The van der Waals surface area contributed by atoms with E-state index in [0.717, 1.165) is 19.3 Å². The lowest BCUT2D eigenvalue weighted by Crippen LogP contribution is -2.26. The van der Waals surface area contributed by atoms with Crippen LogP contribution in [0.1, 0.15) is 25.7 Å². The molecule has 0 spiro atoms. The van der Waals surface area contributed by atoms with E-state index in [-0.39, 0.29) is 5.03 Å². The zero-order valence-electron chi connectivity index (χ0n) is 12.1. The van der Waals surface area contributed by atoms with Gasteiger partial charge in [0.1, 0.15) is 0 Å². The van der Waals surface area contributed by atoms with Gasteiger partial charge in [-0.05, 0) is 37.0 Å². The number of anilines is 1. The largest absolute Gasteiger partial charge is 0.386 e. The average molecular weight is 317 g/mol. The molecule has 0 aliphatic heterocycles. The Kier molecular flexibility index (Phi) is 7.94. The molecule has 7 heteroatoms. The van der Waals surface area contributed by atoms with Crippen molar-refractivity contribution in [2.75, 3.05) is 30.9 Å². The van der Waals surface area contributed by atoms with Gasteiger partial charge in [-0.25, -0.2) is 18.1 Å². The molecule has 0 aliphatic carbocycles. The van der Waals surface area contributed by atoms with E-state index in [1.165, 1.54) is 18.4 Å². The van der Waals surface area contributed by atoms with Crippen LogP contribution >= 0.6 is 11.8 Å². The first-order valence-corrected chi connectivity index (χ1v) is 9.61. The summed E-state index contributed by atoms with van der Waals surface area (Å²) in [5, 5.41) is 2.90. The van der Waals surface area contributed by atoms with E-state index < -0.39 is 10.0 Å². The smallest absolute Gasteiger partial charge is 0.260 e. The highest BCUT2D eigenvalue weighted by atomic mass is 32.2. The third kappa shape index (κ3) is 5.68. The molecular weight excluding hydrogens is 294 g/mol. The number of nitrogens with zero attached hydrogens (tertiary/aromatic N) is 1. The molecule has 0 saturated carbocycles. The van der Waals surface area contributed by atoms with Crippen LogP contribution in [0, 0.1) is 0 Å². The topological polar surface area (TPSA) is 71.1 Å². The molecule has 1 heterocycles. The molecule has 0 aliphatic rings. The lowest BCUT2D eigenvalue weighted by molar-refractivity contribution is 0.570. The standard InChI is InChI=1S/C13H23N3O2S2/c1-14-12-8-7-9-15-13(12)20(17,18)16-10-5-3-4-6-11-19-2/h7-9,14,16H,3-6,10-11H2,1-2H3. The lowest BCUT2D eigenvalue weighted by Gasteiger charge is -2.09. The van der Waals surface area contributed by atoms with Gasteiger partial charge in [0, 0.05) is 19.8 Å². The van der Waals surface area contributed by atoms with Crippen molar-refractivity contribution in [3.8, 4) is 0 Å². The minimum atomic E-state index is -3.53. The fraction of sp³-hybridized carbons (Fsp3) is 0.615. The van der Waals surface area contributed by atoms with E-state index in [2.05, 4.69) is 21.3 Å². The first kappa shape index (κ1) is 17.3. The lowest BCUT2D eigenvalue weighted by atomic mass is 10.2. The summed E-state index contributed by atoms with van der Waals surface area (Å²) in [5.41, 5.74) is 0.514. The van der Waals surface area contributed by atoms with E-state index in [1.54, 1.807) is 19.2 Å². The molecule has 20 heavy (non-hydrogen) atoms. The van der Waals surface area contributed by atoms with Crippen molar-refractivity contribution in [2.24, 2.45) is 0 Å². The Balaban J connectivity index is 2.42. The average Bonchev–Trinajstić information content (AvgIpc) is 2.46. The molecule has 1 rings (SSSR count). The van der Waals surface area contributed by atoms with E-state index in [1.807, 2.05) is 11.8 Å². The Bertz CT molecular complexity index is 492. The predicted molar refractivity (Wildman–Crippen MR) is 85.8 cm³/mol. The highest BCUT2D eigenvalue weighted by Crippen LogP contribution is 2.16. The number of thioether (sulfide) groups is 1. The molecule has 0 fully saturated rings. The minimum Gasteiger partial charge on any atom is -0.386 e. The molecule has 0 radical (unpaired) electrons. The highest BCUT2D eigenvalue weighted by Gasteiger charge is 2.18. The van der Waals surface area contributed by atoms with Crippen LogP contribution in [0.4, 0.5) is 5.69 Å². The normalized spacial score (nSPS) is 11.5. The Morgan fingerprint density at radius 1 is 1.25 bits per heavy atom. The third-order valence-electron chi connectivity index (χ3n) is 2.86. The fourth-order valence-electron chi connectivity index (χ4n) is 1.80. The molecule has 1 aromatic rings. The van der Waals surface area contributed by atoms with Crippen LogP contribution in [0.5, 0.6) is 0 Å². The van der Waals surface area contributed by atoms with Gasteiger partial charge in [-0.2, -0.15) is 11.8 Å². The summed E-state index contributed by atoms with van der Waals surface area (Å²) in [6.07, 6.45) is 7.82. The second-order valence-corrected chi connectivity index (χ2v) is 7.08. The van der Waals surface area contributed by atoms with Crippen molar-refractivity contribution in [1.29, 1.82) is 0 Å². The maximum atomic E-state index is 12.1. The number of rotatable bonds is 10. The van der Waals surface area contributed by atoms with Crippen molar-refractivity contribution < 1.29 is 8.42 Å². The molecule has 2 N–H and O–H groups in total. The number of sulfonamides is 1. The van der Waals surface area contributed by atoms with E-state index in [0.29, 0.717) is 12.2 Å². The summed E-state index contributed by atoms with van der Waals surface area (Å²) in [4.78, 5) is 3.94. The van der Waals surface area contributed by atoms with Gasteiger partial charge < -0.3 is 5.32 Å². The monoisotopic (exact) mass is 317 g/mol. The fourth-order valence-corrected chi connectivity index (χ4v) is 3.50. The maximum absolute atomic E-state index is 12.1. The van der Waals surface area contributed by atoms with Crippen LogP contribution < -0.4 is 10.0 Å². The van der Waals surface area contributed by atoms with Gasteiger partial charge in [0.25, 0.3) is 10.0 Å². The van der Waals surface area contributed by atoms with Gasteiger partial charge in [-0.1, -0.05) is 12.8 Å². The third-order valence-corrected chi connectivity index (χ3v) is 4.98. The number of nitrogens with one attached hydrogen (secondary N) is 2. The van der Waals surface area contributed by atoms with Crippen LogP contribution in [0.25, 0.3) is 0 Å². The zero-order valence-corrected chi connectivity index (χ0v) is 13.7. The predicted octanol–water partition coefficient (Wildman–Crippen LogP) is 2.33. The van der Waals surface area contributed by atoms with Crippen molar-refractivity contribution in [2.45, 2.75) is 30.7 Å². The quantitative estimate of drug-likeness (QED) is 0.648. The Hall–Kier alpha value is -0.790. The second kappa shape index (κ2) is 9.20. The molecule has 0 atom stereocenters. The number of unbranched alkanes of at least 4 members (excludes halogenated alkanes) is 3. The number of aromatic nitrogens is 1. The first-order chi connectivity index (χ1) is 9.61. The molecule has 5 nitrogen and oxygen atoms in total. The zero-order chi connectivity index (χ0) is 14.8. The molecule has 0 amide bonds. The van der Waals surface area contributed by atoms with Crippen molar-refractivity contribution in [3.05, 3.63) is 18.3 Å². The van der Waals surface area contributed by atoms with Gasteiger partial charge in [0.15, 0.2) is 5.03 Å². The molecule has 0 saturated heterocycles. The molecular formula is C13H23N3O2S2. The molecule has 0 bridgehead atoms. The van der Waals surface area contributed by atoms with Crippen LogP contribution in [0.3, 0.4) is 0 Å². The SMILES string of the molecule is CNc1cccnc1S(=O)(=O)NCCCCCCSC. The van der Waals surface area contributed by atoms with E-state index in [9.17, 15) is 8.42 Å². The second-order valence-electron chi connectivity index (χ2n) is 4.41. The summed E-state index contributed by atoms with van der Waals surface area (Å²) in [5.74, 6) is 1.17. The van der Waals surface area contributed by atoms with Gasteiger partial charge in [-0.3, -0.25) is 0 Å². The van der Waals surface area contributed by atoms with Gasteiger partial charge >= 0.3 is 0 Å². The van der Waals surface area contributed by atoms with Crippen LogP contribution in [0.15, 0.2) is 23.4 Å². The van der Waals surface area contributed by atoms with Crippen LogP contribution in [0.2, 0.25) is 0 Å². The Morgan fingerprint density at radius 3 is 2.70 bits per heavy atom. The highest BCUT2D eigenvalue weighted by molar-refractivity contribution is 7.98. The van der Waals surface area contributed by atoms with Gasteiger partial charge in [0.2, 0.25) is 0 Å². The van der Waals surface area contributed by atoms with Crippen molar-refractivity contribution >= 4 is 27.5 Å². The van der Waals surface area contributed by atoms with Crippen molar-refractivity contribution in [1.82, 2.24) is 9.71 Å². The number of pyridine rings is 1. The molecule has 1 aromatic heterocycles. The molecule has 0 unspecified atom stereocenters.